The summed E-state index contributed by atoms with van der Waals surface area (Å²) in [5.41, 5.74) is 0. The van der Waals surface area contributed by atoms with E-state index < -0.39 is 0 Å². The number of hydrogen-bond acceptors (Lipinski definition) is 5. The van der Waals surface area contributed by atoms with Gasteiger partial charge in [-0.2, -0.15) is 0 Å². The average Bonchev–Trinajstić information content (AvgIpc) is 2.73. The van der Waals surface area contributed by atoms with E-state index in [4.69, 9.17) is 4.99 Å². The Balaban J connectivity index is 1.50. The van der Waals surface area contributed by atoms with Crippen LogP contribution in [0, 0.1) is 5.92 Å². The Hall–Kier alpha value is -1.89. The molecule has 2 aliphatic heterocycles. The molecule has 150 valence electrons. The van der Waals surface area contributed by atoms with Gasteiger partial charge in [-0.3, -0.25) is 4.99 Å². The predicted molar refractivity (Wildman–Crippen MR) is 111 cm³/mol. The summed E-state index contributed by atoms with van der Waals surface area (Å²) in [6, 6.07) is 1.86. The first-order chi connectivity index (χ1) is 13.3. The van der Waals surface area contributed by atoms with Crippen LogP contribution in [0.15, 0.2) is 23.5 Å². The minimum Gasteiger partial charge on any atom is -0.357 e. The molecule has 0 radical (unpaired) electrons. The van der Waals surface area contributed by atoms with E-state index >= 15 is 0 Å². The molecule has 2 saturated heterocycles. The number of piperidine rings is 1. The zero-order valence-electron chi connectivity index (χ0n) is 17.0. The zero-order valence-corrected chi connectivity index (χ0v) is 17.0. The van der Waals surface area contributed by atoms with E-state index in [-0.39, 0.29) is 0 Å². The molecule has 0 aromatic carbocycles. The van der Waals surface area contributed by atoms with Gasteiger partial charge in [-0.15, -0.1) is 0 Å². The molecule has 0 spiro atoms. The van der Waals surface area contributed by atoms with Crippen molar-refractivity contribution in [3.8, 4) is 0 Å². The summed E-state index contributed by atoms with van der Waals surface area (Å²) in [4.78, 5) is 20.9. The number of anilines is 1. The number of aromatic nitrogens is 2. The Bertz CT molecular complexity index is 563. The van der Waals surface area contributed by atoms with Crippen LogP contribution in [0.3, 0.4) is 0 Å². The smallest absolute Gasteiger partial charge is 0.225 e. The molecule has 1 aromatic rings. The number of hydrogen-bond donors (Lipinski definition) is 1. The van der Waals surface area contributed by atoms with Gasteiger partial charge in [-0.05, 0) is 44.8 Å². The molecule has 0 amide bonds. The average molecular weight is 374 g/mol. The molecule has 1 unspecified atom stereocenters. The molecule has 0 aliphatic carbocycles. The topological polar surface area (TPSA) is 59.9 Å². The van der Waals surface area contributed by atoms with Crippen LogP contribution in [0.2, 0.25) is 0 Å². The van der Waals surface area contributed by atoms with Crippen molar-refractivity contribution >= 4 is 11.9 Å². The molecular formula is C20H35N7. The van der Waals surface area contributed by atoms with E-state index in [1.165, 1.54) is 38.9 Å². The highest BCUT2D eigenvalue weighted by atomic mass is 15.4. The fourth-order valence-corrected chi connectivity index (χ4v) is 3.88. The van der Waals surface area contributed by atoms with Gasteiger partial charge in [0.2, 0.25) is 5.95 Å². The fraction of sp³-hybridized carbons (Fsp3) is 0.750. The molecule has 7 nitrogen and oxygen atoms in total. The van der Waals surface area contributed by atoms with Crippen LogP contribution < -0.4 is 10.2 Å². The van der Waals surface area contributed by atoms with E-state index in [0.717, 1.165) is 51.2 Å². The second-order valence-electron chi connectivity index (χ2n) is 7.68. The van der Waals surface area contributed by atoms with Crippen molar-refractivity contribution in [1.29, 1.82) is 0 Å². The van der Waals surface area contributed by atoms with Crippen molar-refractivity contribution in [3.05, 3.63) is 18.5 Å². The van der Waals surface area contributed by atoms with Crippen molar-refractivity contribution < 1.29 is 0 Å². The molecule has 1 aromatic heterocycles. The lowest BCUT2D eigenvalue weighted by Gasteiger charge is -2.36. The van der Waals surface area contributed by atoms with Gasteiger partial charge in [0.1, 0.15) is 0 Å². The Morgan fingerprint density at radius 1 is 1.07 bits per heavy atom. The third-order valence-corrected chi connectivity index (χ3v) is 5.32. The molecule has 27 heavy (non-hydrogen) atoms. The Morgan fingerprint density at radius 2 is 1.78 bits per heavy atom. The lowest BCUT2D eigenvalue weighted by atomic mass is 10.1. The van der Waals surface area contributed by atoms with Crippen molar-refractivity contribution in [3.63, 3.8) is 0 Å². The van der Waals surface area contributed by atoms with E-state index in [0.29, 0.717) is 5.92 Å². The van der Waals surface area contributed by atoms with E-state index in [9.17, 15) is 0 Å². The Morgan fingerprint density at radius 3 is 2.44 bits per heavy atom. The quantitative estimate of drug-likeness (QED) is 0.605. The molecule has 3 rings (SSSR count). The molecule has 1 atom stereocenters. The van der Waals surface area contributed by atoms with Crippen LogP contribution in [0.1, 0.15) is 33.1 Å². The van der Waals surface area contributed by atoms with Gasteiger partial charge in [0, 0.05) is 58.2 Å². The van der Waals surface area contributed by atoms with Crippen LogP contribution in [0.25, 0.3) is 0 Å². The molecule has 3 heterocycles. The molecule has 7 heteroatoms. The van der Waals surface area contributed by atoms with Gasteiger partial charge < -0.3 is 20.0 Å². The second-order valence-corrected chi connectivity index (χ2v) is 7.68. The van der Waals surface area contributed by atoms with Crippen molar-refractivity contribution in [1.82, 2.24) is 25.1 Å². The minimum absolute atomic E-state index is 0.593. The fourth-order valence-electron chi connectivity index (χ4n) is 3.88. The van der Waals surface area contributed by atoms with Crippen LogP contribution >= 0.6 is 0 Å². The van der Waals surface area contributed by atoms with Crippen LogP contribution in [-0.4, -0.2) is 84.6 Å². The minimum atomic E-state index is 0.593. The molecule has 2 fully saturated rings. The van der Waals surface area contributed by atoms with E-state index in [1.54, 1.807) is 0 Å². The summed E-state index contributed by atoms with van der Waals surface area (Å²) < 4.78 is 0. The third-order valence-electron chi connectivity index (χ3n) is 5.32. The van der Waals surface area contributed by atoms with Gasteiger partial charge in [0.05, 0.1) is 0 Å². The van der Waals surface area contributed by atoms with Crippen LogP contribution in [0.5, 0.6) is 0 Å². The van der Waals surface area contributed by atoms with E-state index in [2.05, 4.69) is 43.8 Å². The first-order valence-electron chi connectivity index (χ1n) is 10.5. The number of rotatable bonds is 6. The summed E-state index contributed by atoms with van der Waals surface area (Å²) in [5.74, 6) is 2.47. The number of piperazine rings is 1. The van der Waals surface area contributed by atoms with Gasteiger partial charge >= 0.3 is 0 Å². The molecule has 1 N–H and O–H groups in total. The summed E-state index contributed by atoms with van der Waals surface area (Å²) in [6.45, 7) is 13.7. The highest BCUT2D eigenvalue weighted by Gasteiger charge is 2.21. The number of nitrogens with zero attached hydrogens (tertiary/aromatic N) is 6. The lowest BCUT2D eigenvalue weighted by molar-refractivity contribution is 0.202. The Labute approximate surface area is 163 Å². The van der Waals surface area contributed by atoms with Crippen LogP contribution in [-0.2, 0) is 0 Å². The maximum atomic E-state index is 4.96. The number of nitrogens with one attached hydrogen (secondary N) is 1. The maximum Gasteiger partial charge on any atom is 0.225 e. The monoisotopic (exact) mass is 373 g/mol. The second kappa shape index (κ2) is 10.4. The molecule has 0 bridgehead atoms. The molecule has 0 saturated carbocycles. The zero-order chi connectivity index (χ0) is 18.9. The summed E-state index contributed by atoms with van der Waals surface area (Å²) in [7, 11) is 0. The standard InChI is InChI=1S/C20H35N7/c1-3-21-19(24-16-18(2)17-25-10-5-4-6-11-25)26-12-14-27(15-13-26)20-22-8-7-9-23-20/h7-9,18H,3-6,10-17H2,1-2H3,(H,21,24). The van der Waals surface area contributed by atoms with Gasteiger partial charge in [-0.25, -0.2) is 9.97 Å². The van der Waals surface area contributed by atoms with Gasteiger partial charge in [0.25, 0.3) is 0 Å². The summed E-state index contributed by atoms with van der Waals surface area (Å²) in [6.07, 6.45) is 7.73. The van der Waals surface area contributed by atoms with Crippen molar-refractivity contribution in [2.24, 2.45) is 10.9 Å². The van der Waals surface area contributed by atoms with E-state index in [1.807, 2.05) is 18.5 Å². The number of likely N-dealkylation sites (tertiary alicyclic amines) is 1. The summed E-state index contributed by atoms with van der Waals surface area (Å²) >= 11 is 0. The molecular weight excluding hydrogens is 338 g/mol. The SMILES string of the molecule is CCNC(=NCC(C)CN1CCCCC1)N1CCN(c2ncccn2)CC1. The van der Waals surface area contributed by atoms with Crippen LogP contribution in [0.4, 0.5) is 5.95 Å². The lowest BCUT2D eigenvalue weighted by Crippen LogP contribution is -2.53. The van der Waals surface area contributed by atoms with Crippen molar-refractivity contribution in [2.45, 2.75) is 33.1 Å². The first kappa shape index (κ1) is 19.9. The van der Waals surface area contributed by atoms with Gasteiger partial charge in [-0.1, -0.05) is 13.3 Å². The maximum absolute atomic E-state index is 4.96. The number of aliphatic imine (C=N–C) groups is 1. The molecule has 2 aliphatic rings. The number of guanidine groups is 1. The predicted octanol–water partition coefficient (Wildman–Crippen LogP) is 1.69. The van der Waals surface area contributed by atoms with Crippen molar-refractivity contribution in [2.75, 3.05) is 63.8 Å². The first-order valence-corrected chi connectivity index (χ1v) is 10.5. The Kier molecular flexibility index (Phi) is 7.68. The largest absolute Gasteiger partial charge is 0.357 e. The van der Waals surface area contributed by atoms with Gasteiger partial charge in [0.15, 0.2) is 5.96 Å². The normalized spacial score (nSPS) is 20.6. The summed E-state index contributed by atoms with van der Waals surface area (Å²) in [5, 5.41) is 3.48. The highest BCUT2D eigenvalue weighted by molar-refractivity contribution is 5.80. The highest BCUT2D eigenvalue weighted by Crippen LogP contribution is 2.12. The third kappa shape index (κ3) is 6.06.